The summed E-state index contributed by atoms with van der Waals surface area (Å²) in [6.07, 6.45) is 1.57. The number of ether oxygens (including phenoxy) is 1. The number of carbonyl (C=O) groups is 5. The Morgan fingerprint density at radius 2 is 1.76 bits per heavy atom. The highest BCUT2D eigenvalue weighted by atomic mass is 16.6. The van der Waals surface area contributed by atoms with Gasteiger partial charge in [-0.25, -0.2) is 4.79 Å². The van der Waals surface area contributed by atoms with Crippen LogP contribution in [-0.2, 0) is 30.5 Å². The minimum Gasteiger partial charge on any atom is -0.467 e. The maximum atomic E-state index is 14.0. The molecule has 0 bridgehead atoms. The molecule has 228 valence electrons. The van der Waals surface area contributed by atoms with Crippen LogP contribution in [0.3, 0.4) is 0 Å². The van der Waals surface area contributed by atoms with Crippen LogP contribution in [0, 0.1) is 22.7 Å². The van der Waals surface area contributed by atoms with Crippen LogP contribution >= 0.6 is 0 Å². The number of hydrogen-bond acceptors (Lipinski definition) is 7. The fourth-order valence-corrected chi connectivity index (χ4v) is 5.69. The highest BCUT2D eigenvalue weighted by Gasteiger charge is 2.70. The van der Waals surface area contributed by atoms with E-state index < -0.39 is 52.8 Å². The van der Waals surface area contributed by atoms with E-state index in [2.05, 4.69) is 29.8 Å². The van der Waals surface area contributed by atoms with Crippen molar-refractivity contribution in [3.05, 3.63) is 24.2 Å². The molecule has 41 heavy (non-hydrogen) atoms. The van der Waals surface area contributed by atoms with Gasteiger partial charge in [0.2, 0.25) is 17.6 Å². The van der Waals surface area contributed by atoms with Crippen LogP contribution in [0.5, 0.6) is 0 Å². The zero-order valence-corrected chi connectivity index (χ0v) is 25.8. The van der Waals surface area contributed by atoms with Crippen LogP contribution in [-0.4, -0.2) is 64.8 Å². The number of Topliss-reactive ketones (excluding diaryl/α,β-unsaturated/α-hetero) is 1. The lowest BCUT2D eigenvalue weighted by Gasteiger charge is -2.38. The van der Waals surface area contributed by atoms with Crippen LogP contribution in [0.1, 0.15) is 80.9 Å². The summed E-state index contributed by atoms with van der Waals surface area (Å²) in [4.78, 5) is 67.6. The van der Waals surface area contributed by atoms with Gasteiger partial charge in [-0.3, -0.25) is 19.2 Å². The van der Waals surface area contributed by atoms with Gasteiger partial charge in [-0.2, -0.15) is 0 Å². The summed E-state index contributed by atoms with van der Waals surface area (Å²) in [6.45, 7) is 17.1. The summed E-state index contributed by atoms with van der Waals surface area (Å²) >= 11 is 0. The first-order chi connectivity index (χ1) is 18.9. The number of amides is 4. The van der Waals surface area contributed by atoms with Crippen LogP contribution in [0.25, 0.3) is 0 Å². The molecule has 1 aliphatic carbocycles. The molecular weight excluding hydrogens is 528 g/mol. The number of hydrogen-bond donors (Lipinski definition) is 3. The molecule has 2 unspecified atom stereocenters. The number of nitrogens with zero attached hydrogens (tertiary/aromatic N) is 1. The van der Waals surface area contributed by atoms with E-state index in [0.29, 0.717) is 18.7 Å². The van der Waals surface area contributed by atoms with Gasteiger partial charge in [0.1, 0.15) is 23.4 Å². The molecule has 11 heteroatoms. The van der Waals surface area contributed by atoms with Crippen LogP contribution in [0.4, 0.5) is 4.79 Å². The Morgan fingerprint density at radius 1 is 1.10 bits per heavy atom. The molecule has 2 fully saturated rings. The molecule has 4 amide bonds. The first-order valence-electron chi connectivity index (χ1n) is 14.3. The van der Waals surface area contributed by atoms with Gasteiger partial charge in [0, 0.05) is 6.54 Å². The highest BCUT2D eigenvalue weighted by molar-refractivity contribution is 6.38. The largest absolute Gasteiger partial charge is 0.467 e. The van der Waals surface area contributed by atoms with Crippen molar-refractivity contribution >= 4 is 29.6 Å². The van der Waals surface area contributed by atoms with Gasteiger partial charge in [-0.1, -0.05) is 48.0 Å². The number of rotatable bonds is 10. The average Bonchev–Trinajstić information content (AvgIpc) is 3.29. The minimum atomic E-state index is -1.04. The highest BCUT2D eigenvalue weighted by Crippen LogP contribution is 2.65. The monoisotopic (exact) mass is 574 g/mol. The fourth-order valence-electron chi connectivity index (χ4n) is 5.69. The average molecular weight is 575 g/mol. The minimum absolute atomic E-state index is 0.0477. The predicted octanol–water partition coefficient (Wildman–Crippen LogP) is 3.17. The molecule has 0 aromatic carbocycles. The molecule has 1 aromatic heterocycles. The van der Waals surface area contributed by atoms with E-state index in [4.69, 9.17) is 9.15 Å². The van der Waals surface area contributed by atoms with E-state index in [1.165, 1.54) is 11.2 Å². The first-order valence-corrected chi connectivity index (χ1v) is 14.3. The summed E-state index contributed by atoms with van der Waals surface area (Å²) in [7, 11) is 0. The van der Waals surface area contributed by atoms with Gasteiger partial charge in [0.25, 0.3) is 5.91 Å². The molecule has 3 N–H and O–H groups in total. The quantitative estimate of drug-likeness (QED) is 0.364. The van der Waals surface area contributed by atoms with Crippen LogP contribution < -0.4 is 16.0 Å². The Kier molecular flexibility index (Phi) is 9.30. The van der Waals surface area contributed by atoms with Crippen molar-refractivity contribution in [2.45, 2.75) is 105 Å². The number of nitrogens with one attached hydrogen (secondary N) is 3. The van der Waals surface area contributed by atoms with Gasteiger partial charge in [-0.15, -0.1) is 0 Å². The molecule has 3 rings (SSSR count). The van der Waals surface area contributed by atoms with E-state index in [0.717, 1.165) is 0 Å². The second kappa shape index (κ2) is 11.9. The molecule has 1 aromatic rings. The van der Waals surface area contributed by atoms with E-state index in [1.807, 2.05) is 27.7 Å². The third-order valence-electron chi connectivity index (χ3n) is 7.97. The summed E-state index contributed by atoms with van der Waals surface area (Å²) < 4.78 is 10.6. The standard InChI is InChI=1S/C30H46N4O7/c1-10-12-19(22(35)25(37)31-15-17-13-11-14-40-17)32-24(36)21-20-18(30(20,8)9)16-34(21)26(38)23(28(2,3)4)33-27(39)41-29(5,6)7/h11,13-14,18-21,23H,10,12,15-16H2,1-9H3,(H,31,37)(H,32,36)(H,33,39)/t18-,19?,20?,21-,23+/m0/s1. The number of likely N-dealkylation sites (tertiary alicyclic amines) is 1. The van der Waals surface area contributed by atoms with Crippen molar-refractivity contribution in [2.75, 3.05) is 6.54 Å². The number of furan rings is 1. The SMILES string of the molecule is CCCC(NC(=O)[C@@H]1C2[C@H](CN1C(=O)[C@@H](NC(=O)OC(C)(C)C)C(C)(C)C)C2(C)C)C(=O)C(=O)NCc1ccco1. The second-order valence-electron chi connectivity index (χ2n) is 13.8. The van der Waals surface area contributed by atoms with E-state index >= 15 is 0 Å². The number of fused-ring (bicyclic) bond motifs is 1. The zero-order valence-electron chi connectivity index (χ0n) is 25.8. The van der Waals surface area contributed by atoms with E-state index in [9.17, 15) is 24.0 Å². The lowest BCUT2D eigenvalue weighted by molar-refractivity contribution is -0.145. The number of piperidine rings is 1. The molecule has 1 aliphatic heterocycles. The predicted molar refractivity (Wildman–Crippen MR) is 151 cm³/mol. The summed E-state index contributed by atoms with van der Waals surface area (Å²) in [6, 6.07) is 0.524. The summed E-state index contributed by atoms with van der Waals surface area (Å²) in [5.41, 5.74) is -1.59. The summed E-state index contributed by atoms with van der Waals surface area (Å²) in [5.74, 6) is -1.96. The molecule has 2 heterocycles. The third-order valence-corrected chi connectivity index (χ3v) is 7.97. The topological polar surface area (TPSA) is 147 Å². The van der Waals surface area contributed by atoms with Gasteiger partial charge < -0.3 is 30.0 Å². The van der Waals surface area contributed by atoms with Crippen LogP contribution in [0.15, 0.2) is 22.8 Å². The van der Waals surface area contributed by atoms with Gasteiger partial charge in [0.05, 0.1) is 18.8 Å². The number of alkyl carbamates (subject to hydrolysis) is 1. The van der Waals surface area contributed by atoms with Crippen molar-refractivity contribution in [3.8, 4) is 0 Å². The van der Waals surface area contributed by atoms with Crippen molar-refractivity contribution in [1.29, 1.82) is 0 Å². The Morgan fingerprint density at radius 3 is 2.29 bits per heavy atom. The Hall–Kier alpha value is -3.37. The third kappa shape index (κ3) is 7.48. The van der Waals surface area contributed by atoms with Crippen molar-refractivity contribution in [1.82, 2.24) is 20.9 Å². The Labute approximate surface area is 242 Å². The maximum Gasteiger partial charge on any atom is 0.408 e. The molecule has 2 aliphatic rings. The molecule has 11 nitrogen and oxygen atoms in total. The number of ketones is 1. The maximum absolute atomic E-state index is 14.0. The van der Waals surface area contributed by atoms with Gasteiger partial charge >= 0.3 is 6.09 Å². The van der Waals surface area contributed by atoms with Crippen LogP contribution in [0.2, 0.25) is 0 Å². The first kappa shape index (κ1) is 32.1. The molecule has 0 radical (unpaired) electrons. The van der Waals surface area contributed by atoms with E-state index in [-0.39, 0.29) is 36.1 Å². The van der Waals surface area contributed by atoms with Crippen molar-refractivity contribution in [2.24, 2.45) is 22.7 Å². The fraction of sp³-hybridized carbons (Fsp3) is 0.700. The van der Waals surface area contributed by atoms with Gasteiger partial charge in [-0.05, 0) is 62.0 Å². The van der Waals surface area contributed by atoms with Crippen molar-refractivity contribution in [3.63, 3.8) is 0 Å². The Bertz CT molecular complexity index is 1150. The lowest BCUT2D eigenvalue weighted by atomic mass is 9.85. The lowest BCUT2D eigenvalue weighted by Crippen LogP contribution is -2.60. The smallest absolute Gasteiger partial charge is 0.408 e. The second-order valence-corrected chi connectivity index (χ2v) is 13.8. The van der Waals surface area contributed by atoms with Crippen molar-refractivity contribution < 1.29 is 33.1 Å². The molecule has 5 atom stereocenters. The molecule has 1 saturated heterocycles. The van der Waals surface area contributed by atoms with Gasteiger partial charge in [0.15, 0.2) is 0 Å². The molecule has 1 saturated carbocycles. The zero-order chi connectivity index (χ0) is 30.9. The number of carbonyl (C=O) groups excluding carboxylic acids is 5. The Balaban J connectivity index is 1.78. The van der Waals surface area contributed by atoms with E-state index in [1.54, 1.807) is 32.9 Å². The summed E-state index contributed by atoms with van der Waals surface area (Å²) in [5, 5.41) is 8.04. The normalized spacial score (nSPS) is 22.7. The molecule has 0 spiro atoms. The molecular formula is C30H46N4O7.